The van der Waals surface area contributed by atoms with Gasteiger partial charge in [-0.05, 0) is 34.2 Å². The number of esters is 1. The molecular formula is C17H15IN2O2. The predicted octanol–water partition coefficient (Wildman–Crippen LogP) is 3.60. The summed E-state index contributed by atoms with van der Waals surface area (Å²) >= 11 is 2.23. The Labute approximate surface area is 142 Å². The second kappa shape index (κ2) is 6.48. The summed E-state index contributed by atoms with van der Waals surface area (Å²) in [4.78, 5) is 12.3. The van der Waals surface area contributed by atoms with Gasteiger partial charge in [0.15, 0.2) is 6.04 Å². The fourth-order valence-electron chi connectivity index (χ4n) is 2.47. The summed E-state index contributed by atoms with van der Waals surface area (Å²) in [6.45, 7) is 0. The lowest BCUT2D eigenvalue weighted by Gasteiger charge is -2.16. The topological polar surface area (TPSA) is 44.1 Å². The Bertz CT molecular complexity index is 799. The van der Waals surface area contributed by atoms with Crippen LogP contribution in [-0.2, 0) is 16.0 Å². The summed E-state index contributed by atoms with van der Waals surface area (Å²) in [7, 11) is 1.41. The van der Waals surface area contributed by atoms with Gasteiger partial charge in [0.1, 0.15) is 3.70 Å². The van der Waals surface area contributed by atoms with E-state index in [0.29, 0.717) is 6.42 Å². The lowest BCUT2D eigenvalue weighted by Crippen LogP contribution is -2.25. The van der Waals surface area contributed by atoms with E-state index in [-0.39, 0.29) is 5.97 Å². The van der Waals surface area contributed by atoms with E-state index < -0.39 is 6.04 Å². The maximum Gasteiger partial charge on any atom is 0.331 e. The van der Waals surface area contributed by atoms with Crippen molar-refractivity contribution in [2.45, 2.75) is 12.5 Å². The third-order valence-electron chi connectivity index (χ3n) is 3.58. The number of ether oxygens (including phenoxy) is 1. The molecule has 0 aliphatic heterocycles. The van der Waals surface area contributed by atoms with Crippen molar-refractivity contribution in [3.8, 4) is 0 Å². The van der Waals surface area contributed by atoms with Crippen LogP contribution in [0.5, 0.6) is 0 Å². The van der Waals surface area contributed by atoms with Crippen LogP contribution in [0.15, 0.2) is 54.6 Å². The van der Waals surface area contributed by atoms with E-state index in [0.717, 1.165) is 20.2 Å². The largest absolute Gasteiger partial charge is 0.467 e. The van der Waals surface area contributed by atoms with E-state index in [1.165, 1.54) is 7.11 Å². The Morgan fingerprint density at radius 3 is 2.55 bits per heavy atom. The number of halogens is 1. The standard InChI is InChI=1S/C17H15IN2O2/c1-22-17(21)15(11-12-7-3-2-4-8-12)20-16(18)13-9-5-6-10-14(13)19-20/h2-10,15H,11H2,1H3. The molecule has 22 heavy (non-hydrogen) atoms. The number of methoxy groups -OCH3 is 1. The van der Waals surface area contributed by atoms with Crippen LogP contribution < -0.4 is 0 Å². The summed E-state index contributed by atoms with van der Waals surface area (Å²) in [6, 6.07) is 17.3. The monoisotopic (exact) mass is 406 g/mol. The Hall–Kier alpha value is -1.89. The summed E-state index contributed by atoms with van der Waals surface area (Å²) in [5.41, 5.74) is 1.96. The molecule has 1 atom stereocenters. The fraction of sp³-hybridized carbons (Fsp3) is 0.176. The van der Waals surface area contributed by atoms with Crippen LogP contribution in [0.4, 0.5) is 0 Å². The van der Waals surface area contributed by atoms with E-state index in [4.69, 9.17) is 4.74 Å². The smallest absolute Gasteiger partial charge is 0.331 e. The predicted molar refractivity (Wildman–Crippen MR) is 93.6 cm³/mol. The van der Waals surface area contributed by atoms with Crippen molar-refractivity contribution in [1.29, 1.82) is 0 Å². The van der Waals surface area contributed by atoms with Crippen molar-refractivity contribution in [3.05, 3.63) is 63.9 Å². The number of rotatable bonds is 4. The van der Waals surface area contributed by atoms with Gasteiger partial charge in [-0.25, -0.2) is 9.48 Å². The zero-order chi connectivity index (χ0) is 15.5. The molecule has 4 nitrogen and oxygen atoms in total. The first kappa shape index (κ1) is 15.0. The Morgan fingerprint density at radius 1 is 1.18 bits per heavy atom. The highest BCUT2D eigenvalue weighted by atomic mass is 127. The molecule has 0 N–H and O–H groups in total. The molecule has 5 heteroatoms. The zero-order valence-electron chi connectivity index (χ0n) is 12.1. The minimum absolute atomic E-state index is 0.283. The van der Waals surface area contributed by atoms with Crippen LogP contribution in [0.25, 0.3) is 10.9 Å². The first-order chi connectivity index (χ1) is 10.7. The first-order valence-electron chi connectivity index (χ1n) is 6.95. The molecule has 1 heterocycles. The average Bonchev–Trinajstić information content (AvgIpc) is 2.90. The van der Waals surface area contributed by atoms with Crippen LogP contribution in [0.3, 0.4) is 0 Å². The highest BCUT2D eigenvalue weighted by molar-refractivity contribution is 14.1. The quantitative estimate of drug-likeness (QED) is 0.492. The van der Waals surface area contributed by atoms with Crippen LogP contribution >= 0.6 is 22.6 Å². The third kappa shape index (κ3) is 2.85. The molecule has 0 amide bonds. The Morgan fingerprint density at radius 2 is 1.86 bits per heavy atom. The highest BCUT2D eigenvalue weighted by Crippen LogP contribution is 2.25. The molecule has 0 aliphatic carbocycles. The van der Waals surface area contributed by atoms with E-state index in [2.05, 4.69) is 27.7 Å². The molecule has 0 saturated carbocycles. The molecular weight excluding hydrogens is 391 g/mol. The van der Waals surface area contributed by atoms with E-state index in [1.807, 2.05) is 54.6 Å². The van der Waals surface area contributed by atoms with Gasteiger partial charge in [0, 0.05) is 11.8 Å². The minimum Gasteiger partial charge on any atom is -0.467 e. The van der Waals surface area contributed by atoms with E-state index >= 15 is 0 Å². The first-order valence-corrected chi connectivity index (χ1v) is 8.03. The minimum atomic E-state index is -0.466. The number of fused-ring (bicyclic) bond motifs is 1. The lowest BCUT2D eigenvalue weighted by atomic mass is 10.1. The van der Waals surface area contributed by atoms with Gasteiger partial charge in [0.2, 0.25) is 0 Å². The highest BCUT2D eigenvalue weighted by Gasteiger charge is 2.25. The molecule has 1 unspecified atom stereocenters. The molecule has 3 aromatic rings. The van der Waals surface area contributed by atoms with Gasteiger partial charge in [0.05, 0.1) is 12.6 Å². The molecule has 0 radical (unpaired) electrons. The SMILES string of the molecule is COC(=O)C(Cc1ccccc1)n1nc2ccccc2c1I. The molecule has 0 aliphatic rings. The average molecular weight is 406 g/mol. The normalized spacial score (nSPS) is 12.3. The number of nitrogens with zero attached hydrogens (tertiary/aromatic N) is 2. The summed E-state index contributed by atoms with van der Waals surface area (Å²) in [6.07, 6.45) is 0.553. The fourth-order valence-corrected chi connectivity index (χ4v) is 3.37. The van der Waals surface area contributed by atoms with Crippen molar-refractivity contribution in [2.75, 3.05) is 7.11 Å². The number of aromatic nitrogens is 2. The molecule has 0 saturated heterocycles. The van der Waals surface area contributed by atoms with Crippen LogP contribution in [0.1, 0.15) is 11.6 Å². The van der Waals surface area contributed by atoms with Crippen LogP contribution in [0.2, 0.25) is 0 Å². The van der Waals surface area contributed by atoms with Crippen molar-refractivity contribution < 1.29 is 9.53 Å². The maximum atomic E-state index is 12.3. The van der Waals surface area contributed by atoms with Crippen molar-refractivity contribution in [1.82, 2.24) is 9.78 Å². The molecule has 3 rings (SSSR count). The van der Waals surface area contributed by atoms with Gasteiger partial charge in [-0.1, -0.05) is 48.5 Å². The number of hydrogen-bond donors (Lipinski definition) is 0. The van der Waals surface area contributed by atoms with Gasteiger partial charge in [0.25, 0.3) is 0 Å². The Balaban J connectivity index is 2.04. The molecule has 0 fully saturated rings. The lowest BCUT2D eigenvalue weighted by molar-refractivity contribution is -0.144. The van der Waals surface area contributed by atoms with Gasteiger partial charge in [-0.15, -0.1) is 0 Å². The van der Waals surface area contributed by atoms with Gasteiger partial charge >= 0.3 is 5.97 Å². The molecule has 0 spiro atoms. The number of hydrogen-bond acceptors (Lipinski definition) is 3. The van der Waals surface area contributed by atoms with Gasteiger partial charge < -0.3 is 4.74 Å². The molecule has 1 aromatic heterocycles. The summed E-state index contributed by atoms with van der Waals surface area (Å²) in [5, 5.41) is 5.63. The second-order valence-electron chi connectivity index (χ2n) is 4.98. The summed E-state index contributed by atoms with van der Waals surface area (Å²) < 4.78 is 7.70. The molecule has 112 valence electrons. The van der Waals surface area contributed by atoms with Crippen molar-refractivity contribution in [3.63, 3.8) is 0 Å². The van der Waals surface area contributed by atoms with Gasteiger partial charge in [-0.3, -0.25) is 0 Å². The number of carbonyl (C=O) groups excluding carboxylic acids is 1. The van der Waals surface area contributed by atoms with E-state index in [9.17, 15) is 4.79 Å². The maximum absolute atomic E-state index is 12.3. The zero-order valence-corrected chi connectivity index (χ0v) is 14.2. The Kier molecular flexibility index (Phi) is 4.42. The number of carbonyl (C=O) groups is 1. The van der Waals surface area contributed by atoms with Crippen LogP contribution in [-0.4, -0.2) is 22.9 Å². The van der Waals surface area contributed by atoms with Crippen molar-refractivity contribution >= 4 is 39.5 Å². The van der Waals surface area contributed by atoms with Crippen molar-refractivity contribution in [2.24, 2.45) is 0 Å². The second-order valence-corrected chi connectivity index (χ2v) is 6.00. The summed E-state index contributed by atoms with van der Waals surface area (Å²) in [5.74, 6) is -0.283. The molecule has 2 aromatic carbocycles. The molecule has 0 bridgehead atoms. The van der Waals surface area contributed by atoms with Crippen LogP contribution in [0, 0.1) is 3.70 Å². The van der Waals surface area contributed by atoms with Gasteiger partial charge in [-0.2, -0.15) is 5.10 Å². The number of benzene rings is 2. The van der Waals surface area contributed by atoms with E-state index in [1.54, 1.807) is 4.68 Å². The third-order valence-corrected chi connectivity index (χ3v) is 4.66.